The average molecular weight is 233 g/mol. The number of aromatic nitrogens is 1. The molecule has 0 unspecified atom stereocenters. The van der Waals surface area contributed by atoms with Crippen molar-refractivity contribution in [1.82, 2.24) is 4.98 Å². The van der Waals surface area contributed by atoms with Crippen LogP contribution in [0.1, 0.15) is 23.2 Å². The number of benzene rings is 1. The van der Waals surface area contributed by atoms with Gasteiger partial charge in [-0.25, -0.2) is 0 Å². The Morgan fingerprint density at radius 2 is 2.12 bits per heavy atom. The summed E-state index contributed by atoms with van der Waals surface area (Å²) in [6.07, 6.45) is 1.32. The lowest BCUT2D eigenvalue weighted by Gasteiger charge is -2.00. The second-order valence-corrected chi connectivity index (χ2v) is 4.46. The van der Waals surface area contributed by atoms with E-state index in [9.17, 15) is 0 Å². The molecule has 0 aliphatic rings. The Labute approximate surface area is 99.8 Å². The van der Waals surface area contributed by atoms with Crippen molar-refractivity contribution in [1.29, 1.82) is 5.26 Å². The van der Waals surface area contributed by atoms with Gasteiger partial charge in [-0.1, -0.05) is 11.6 Å². The number of nitrogens with zero attached hydrogens (tertiary/aromatic N) is 1. The number of halogens is 1. The van der Waals surface area contributed by atoms with Crippen molar-refractivity contribution in [2.45, 2.75) is 26.7 Å². The monoisotopic (exact) mass is 232 g/mol. The number of rotatable bonds is 2. The quantitative estimate of drug-likeness (QED) is 0.838. The van der Waals surface area contributed by atoms with Crippen molar-refractivity contribution in [2.75, 3.05) is 0 Å². The van der Waals surface area contributed by atoms with Crippen LogP contribution < -0.4 is 0 Å². The van der Waals surface area contributed by atoms with Crippen LogP contribution in [0.15, 0.2) is 12.1 Å². The van der Waals surface area contributed by atoms with E-state index in [0.717, 1.165) is 33.6 Å². The van der Waals surface area contributed by atoms with Crippen molar-refractivity contribution in [3.8, 4) is 6.07 Å². The first-order valence-corrected chi connectivity index (χ1v) is 5.65. The third-order valence-corrected chi connectivity index (χ3v) is 3.11. The molecule has 0 radical (unpaired) electrons. The van der Waals surface area contributed by atoms with Gasteiger partial charge in [-0.2, -0.15) is 5.26 Å². The maximum Gasteiger partial charge on any atom is 0.0649 e. The Morgan fingerprint density at radius 1 is 1.38 bits per heavy atom. The number of hydrogen-bond acceptors (Lipinski definition) is 1. The average Bonchev–Trinajstić information content (AvgIpc) is 2.53. The molecule has 2 nitrogen and oxygen atoms in total. The van der Waals surface area contributed by atoms with Crippen molar-refractivity contribution in [2.24, 2.45) is 0 Å². The predicted octanol–water partition coefficient (Wildman–Crippen LogP) is 3.89. The van der Waals surface area contributed by atoms with Gasteiger partial charge in [0, 0.05) is 17.5 Å². The van der Waals surface area contributed by atoms with Crippen molar-refractivity contribution in [3.05, 3.63) is 34.0 Å². The maximum absolute atomic E-state index is 8.65. The van der Waals surface area contributed by atoms with Crippen LogP contribution in [0.3, 0.4) is 0 Å². The Kier molecular flexibility index (Phi) is 2.89. The van der Waals surface area contributed by atoms with Gasteiger partial charge in [-0.15, -0.1) is 0 Å². The molecule has 0 aliphatic carbocycles. The van der Waals surface area contributed by atoms with E-state index in [4.69, 9.17) is 16.9 Å². The van der Waals surface area contributed by atoms with Crippen LogP contribution in [-0.2, 0) is 6.42 Å². The van der Waals surface area contributed by atoms with Crippen molar-refractivity contribution < 1.29 is 0 Å². The minimum absolute atomic E-state index is 0.541. The third kappa shape index (κ3) is 1.79. The number of hydrogen-bond donors (Lipinski definition) is 1. The van der Waals surface area contributed by atoms with E-state index in [1.807, 2.05) is 19.9 Å². The standard InChI is InChI=1S/C13H13ClN2/c1-8-6-11-10(4-3-5-15)9(2)16-13(11)12(14)7-8/h6-7,16H,3-4H2,1-2H3. The van der Waals surface area contributed by atoms with Gasteiger partial charge in [0.2, 0.25) is 0 Å². The number of aromatic amines is 1. The smallest absolute Gasteiger partial charge is 0.0649 e. The minimum atomic E-state index is 0.541. The van der Waals surface area contributed by atoms with Crippen LogP contribution in [0.2, 0.25) is 5.02 Å². The maximum atomic E-state index is 8.65. The number of nitriles is 1. The molecule has 0 saturated heterocycles. The molecule has 0 aliphatic heterocycles. The number of fused-ring (bicyclic) bond motifs is 1. The van der Waals surface area contributed by atoms with Gasteiger partial charge in [0.1, 0.15) is 0 Å². The van der Waals surface area contributed by atoms with Gasteiger partial charge in [0.15, 0.2) is 0 Å². The van der Waals surface area contributed by atoms with Gasteiger partial charge in [-0.05, 0) is 43.5 Å². The van der Waals surface area contributed by atoms with Crippen LogP contribution in [-0.4, -0.2) is 4.98 Å². The zero-order valence-electron chi connectivity index (χ0n) is 9.39. The predicted molar refractivity (Wildman–Crippen MR) is 66.7 cm³/mol. The summed E-state index contributed by atoms with van der Waals surface area (Å²) in [5, 5.41) is 10.6. The largest absolute Gasteiger partial charge is 0.357 e. The summed E-state index contributed by atoms with van der Waals surface area (Å²) in [6, 6.07) is 6.25. The van der Waals surface area contributed by atoms with E-state index in [1.165, 1.54) is 5.56 Å². The lowest BCUT2D eigenvalue weighted by atomic mass is 10.0. The first kappa shape index (κ1) is 11.0. The zero-order chi connectivity index (χ0) is 11.7. The second-order valence-electron chi connectivity index (χ2n) is 4.06. The van der Waals surface area contributed by atoms with E-state index in [-0.39, 0.29) is 0 Å². The molecule has 0 fully saturated rings. The highest BCUT2D eigenvalue weighted by molar-refractivity contribution is 6.35. The van der Waals surface area contributed by atoms with Crippen LogP contribution in [0.25, 0.3) is 10.9 Å². The molecule has 1 N–H and O–H groups in total. The molecule has 2 aromatic rings. The minimum Gasteiger partial charge on any atom is -0.357 e. The SMILES string of the molecule is Cc1cc(Cl)c2[nH]c(C)c(CCC#N)c2c1. The first-order valence-electron chi connectivity index (χ1n) is 5.27. The van der Waals surface area contributed by atoms with Gasteiger partial charge in [0.25, 0.3) is 0 Å². The molecular weight excluding hydrogens is 220 g/mol. The highest BCUT2D eigenvalue weighted by Crippen LogP contribution is 2.30. The Morgan fingerprint density at radius 3 is 2.81 bits per heavy atom. The van der Waals surface area contributed by atoms with E-state index in [1.54, 1.807) is 0 Å². The Balaban J connectivity index is 2.64. The zero-order valence-corrected chi connectivity index (χ0v) is 10.2. The fourth-order valence-electron chi connectivity index (χ4n) is 2.08. The molecule has 3 heteroatoms. The fourth-order valence-corrected chi connectivity index (χ4v) is 2.40. The lowest BCUT2D eigenvalue weighted by molar-refractivity contribution is 1.00. The molecule has 0 bridgehead atoms. The van der Waals surface area contributed by atoms with Gasteiger partial charge >= 0.3 is 0 Å². The summed E-state index contributed by atoms with van der Waals surface area (Å²) >= 11 is 6.19. The fraction of sp³-hybridized carbons (Fsp3) is 0.308. The van der Waals surface area contributed by atoms with Crippen LogP contribution in [0.4, 0.5) is 0 Å². The molecule has 0 amide bonds. The van der Waals surface area contributed by atoms with E-state index >= 15 is 0 Å². The highest BCUT2D eigenvalue weighted by atomic mass is 35.5. The van der Waals surface area contributed by atoms with E-state index in [0.29, 0.717) is 6.42 Å². The number of aryl methyl sites for hydroxylation is 3. The molecule has 1 aromatic carbocycles. The molecule has 1 aromatic heterocycles. The van der Waals surface area contributed by atoms with Crippen LogP contribution in [0.5, 0.6) is 0 Å². The molecule has 0 atom stereocenters. The highest BCUT2D eigenvalue weighted by Gasteiger charge is 2.10. The van der Waals surface area contributed by atoms with Gasteiger partial charge < -0.3 is 4.98 Å². The Bertz CT molecular complexity index is 576. The summed E-state index contributed by atoms with van der Waals surface area (Å²) in [7, 11) is 0. The third-order valence-electron chi connectivity index (χ3n) is 2.81. The topological polar surface area (TPSA) is 39.6 Å². The summed E-state index contributed by atoms with van der Waals surface area (Å²) in [5.41, 5.74) is 4.45. The molecule has 16 heavy (non-hydrogen) atoms. The molecular formula is C13H13ClN2. The van der Waals surface area contributed by atoms with E-state index < -0.39 is 0 Å². The van der Waals surface area contributed by atoms with Gasteiger partial charge in [-0.3, -0.25) is 0 Å². The van der Waals surface area contributed by atoms with Crippen molar-refractivity contribution in [3.63, 3.8) is 0 Å². The van der Waals surface area contributed by atoms with Crippen LogP contribution in [0, 0.1) is 25.2 Å². The molecule has 0 spiro atoms. The first-order chi connectivity index (χ1) is 7.63. The summed E-state index contributed by atoms with van der Waals surface area (Å²) in [5.74, 6) is 0. The normalized spacial score (nSPS) is 10.6. The molecule has 0 saturated carbocycles. The molecule has 2 rings (SSSR count). The summed E-state index contributed by atoms with van der Waals surface area (Å²) < 4.78 is 0. The van der Waals surface area contributed by atoms with Crippen molar-refractivity contribution >= 4 is 22.5 Å². The summed E-state index contributed by atoms with van der Waals surface area (Å²) in [4.78, 5) is 3.29. The number of H-pyrrole nitrogens is 1. The molecule has 1 heterocycles. The van der Waals surface area contributed by atoms with Crippen LogP contribution >= 0.6 is 11.6 Å². The van der Waals surface area contributed by atoms with E-state index in [2.05, 4.69) is 17.1 Å². The number of nitrogens with one attached hydrogen (secondary N) is 1. The Hall–Kier alpha value is -1.46. The lowest BCUT2D eigenvalue weighted by Crippen LogP contribution is -1.85. The molecule has 82 valence electrons. The summed E-state index contributed by atoms with van der Waals surface area (Å²) in [6.45, 7) is 4.06. The second kappa shape index (κ2) is 4.19. The van der Waals surface area contributed by atoms with Gasteiger partial charge in [0.05, 0.1) is 16.6 Å².